The Labute approximate surface area is 256 Å². The zero-order valence-electron chi connectivity index (χ0n) is 24.0. The average molecular weight is 563 g/mol. The van der Waals surface area contributed by atoms with Crippen LogP contribution in [0.4, 0.5) is 0 Å². The second-order valence-corrected chi connectivity index (χ2v) is 11.4. The molecule has 0 atom stereocenters. The zero-order chi connectivity index (χ0) is 29.1. The molecule has 1 aliphatic heterocycles. The summed E-state index contributed by atoms with van der Waals surface area (Å²) in [5.74, 6) is 0. The molecular formula is C41H28N3+. The lowest BCUT2D eigenvalue weighted by molar-refractivity contribution is -0.740. The highest BCUT2D eigenvalue weighted by atomic mass is 15.3. The zero-order valence-corrected chi connectivity index (χ0v) is 24.0. The number of rotatable bonds is 4. The molecule has 0 saturated heterocycles. The number of hydrogen-bond donors (Lipinski definition) is 0. The molecule has 9 rings (SSSR count). The Morgan fingerprint density at radius 2 is 1.07 bits per heavy atom. The van der Waals surface area contributed by atoms with Gasteiger partial charge in [-0.15, -0.1) is 0 Å². The summed E-state index contributed by atoms with van der Waals surface area (Å²) >= 11 is 0. The summed E-state index contributed by atoms with van der Waals surface area (Å²) in [4.78, 5) is 5.10. The smallest absolute Gasteiger partial charge is 0.269 e. The van der Waals surface area contributed by atoms with E-state index in [2.05, 4.69) is 173 Å². The van der Waals surface area contributed by atoms with Gasteiger partial charge < -0.3 is 0 Å². The molecule has 0 saturated carbocycles. The summed E-state index contributed by atoms with van der Waals surface area (Å²) < 4.78 is 4.97. The van der Waals surface area contributed by atoms with Gasteiger partial charge in [-0.3, -0.25) is 4.57 Å². The number of benzene rings is 5. The summed E-state index contributed by atoms with van der Waals surface area (Å²) in [5.41, 5.74) is 10.8. The van der Waals surface area contributed by atoms with Crippen LogP contribution in [0.2, 0.25) is 0 Å². The van der Waals surface area contributed by atoms with Crippen LogP contribution in [0.5, 0.6) is 0 Å². The monoisotopic (exact) mass is 562 g/mol. The molecule has 0 spiro atoms. The minimum absolute atomic E-state index is 0.697. The van der Waals surface area contributed by atoms with Gasteiger partial charge in [0.15, 0.2) is 11.9 Å². The Balaban J connectivity index is 1.48. The van der Waals surface area contributed by atoms with Crippen molar-refractivity contribution in [2.45, 2.75) is 5.66 Å². The predicted octanol–water partition coefficient (Wildman–Crippen LogP) is 9.09. The molecule has 3 aromatic heterocycles. The van der Waals surface area contributed by atoms with Gasteiger partial charge in [0.25, 0.3) is 0 Å². The van der Waals surface area contributed by atoms with E-state index in [0.717, 1.165) is 16.9 Å². The Morgan fingerprint density at radius 1 is 0.500 bits per heavy atom. The summed E-state index contributed by atoms with van der Waals surface area (Å²) in [6.45, 7) is 0. The highest BCUT2D eigenvalue weighted by molar-refractivity contribution is 6.13. The van der Waals surface area contributed by atoms with E-state index in [0.29, 0.717) is 0 Å². The van der Waals surface area contributed by atoms with Gasteiger partial charge in [-0.05, 0) is 64.7 Å². The van der Waals surface area contributed by atoms with E-state index < -0.39 is 5.66 Å². The lowest BCUT2D eigenvalue weighted by Crippen LogP contribution is -2.64. The van der Waals surface area contributed by atoms with Crippen molar-refractivity contribution >= 4 is 21.8 Å². The fourth-order valence-electron chi connectivity index (χ4n) is 7.23. The third-order valence-corrected chi connectivity index (χ3v) is 9.11. The number of aromatic nitrogens is 3. The van der Waals surface area contributed by atoms with E-state index >= 15 is 0 Å². The maximum Gasteiger partial charge on any atom is 0.301 e. The summed E-state index contributed by atoms with van der Waals surface area (Å²) in [6.07, 6.45) is 4.22. The number of pyridine rings is 2. The van der Waals surface area contributed by atoms with Gasteiger partial charge in [0.05, 0.1) is 22.2 Å². The van der Waals surface area contributed by atoms with Crippen molar-refractivity contribution in [1.29, 1.82) is 0 Å². The molecule has 5 aromatic carbocycles. The molecule has 0 unspecified atom stereocenters. The van der Waals surface area contributed by atoms with Crippen LogP contribution in [-0.2, 0) is 5.66 Å². The van der Waals surface area contributed by atoms with Gasteiger partial charge in [0.1, 0.15) is 0 Å². The number of fused-ring (bicyclic) bond motifs is 5. The van der Waals surface area contributed by atoms with Crippen LogP contribution >= 0.6 is 0 Å². The molecule has 206 valence electrons. The standard InChI is InChI=1S/C41H28N3/c1-5-13-29(14-6-1)31-21-22-37-36(27-31)35-23-25-42-39-38-28-32(30-15-7-2-8-16-30)24-26-43(38)41(44(37)40(35)39,33-17-9-3-10-18-33)34-19-11-4-12-20-34/h1-28H/q+1. The van der Waals surface area contributed by atoms with Crippen LogP contribution < -0.4 is 4.57 Å². The first-order valence-electron chi connectivity index (χ1n) is 15.1. The second kappa shape index (κ2) is 9.62. The van der Waals surface area contributed by atoms with Crippen LogP contribution in [0.25, 0.3) is 55.4 Å². The average Bonchev–Trinajstić information content (AvgIpc) is 3.45. The molecule has 0 amide bonds. The third-order valence-electron chi connectivity index (χ3n) is 9.11. The molecule has 0 N–H and O–H groups in total. The van der Waals surface area contributed by atoms with Gasteiger partial charge in [-0.1, -0.05) is 103 Å². The van der Waals surface area contributed by atoms with Crippen molar-refractivity contribution in [3.63, 3.8) is 0 Å². The normalized spacial score (nSPS) is 13.2. The second-order valence-electron chi connectivity index (χ2n) is 11.4. The minimum Gasteiger partial charge on any atom is -0.269 e. The van der Waals surface area contributed by atoms with E-state index in [1.54, 1.807) is 0 Å². The van der Waals surface area contributed by atoms with Gasteiger partial charge in [0, 0.05) is 29.1 Å². The van der Waals surface area contributed by atoms with Crippen molar-refractivity contribution in [3.05, 3.63) is 181 Å². The molecule has 0 radical (unpaired) electrons. The number of hydrogen-bond acceptors (Lipinski definition) is 1. The Kier molecular flexibility index (Phi) is 5.41. The maximum atomic E-state index is 5.10. The Morgan fingerprint density at radius 3 is 1.68 bits per heavy atom. The van der Waals surface area contributed by atoms with Crippen LogP contribution in [0, 0.1) is 0 Å². The van der Waals surface area contributed by atoms with E-state index in [-0.39, 0.29) is 0 Å². The Hall–Kier alpha value is -5.80. The van der Waals surface area contributed by atoms with E-state index in [4.69, 9.17) is 4.98 Å². The predicted molar refractivity (Wildman–Crippen MR) is 178 cm³/mol. The third kappa shape index (κ3) is 3.44. The molecule has 44 heavy (non-hydrogen) atoms. The molecule has 8 aromatic rings. The van der Waals surface area contributed by atoms with Crippen LogP contribution in [0.1, 0.15) is 11.1 Å². The molecule has 0 bridgehead atoms. The molecule has 0 aliphatic carbocycles. The fraction of sp³-hybridized carbons (Fsp3) is 0.0244. The SMILES string of the molecule is c1ccc(-c2cc[n+]3c(c2)-c2nccc4c5cc(-c6ccccc6)ccc5n(c24)C3(c2ccccc2)c2ccccc2)cc1. The van der Waals surface area contributed by atoms with Gasteiger partial charge in [-0.2, -0.15) is 4.57 Å². The largest absolute Gasteiger partial charge is 0.301 e. The summed E-state index contributed by atoms with van der Waals surface area (Å²) in [7, 11) is 0. The first-order valence-corrected chi connectivity index (χ1v) is 15.1. The summed E-state index contributed by atoms with van der Waals surface area (Å²) in [5, 5.41) is 2.42. The van der Waals surface area contributed by atoms with Crippen molar-refractivity contribution < 1.29 is 4.57 Å². The topological polar surface area (TPSA) is 21.7 Å². The van der Waals surface area contributed by atoms with Crippen molar-refractivity contribution in [2.75, 3.05) is 0 Å². The fourth-order valence-corrected chi connectivity index (χ4v) is 7.23. The summed E-state index contributed by atoms with van der Waals surface area (Å²) in [6, 6.07) is 56.7. The van der Waals surface area contributed by atoms with E-state index in [9.17, 15) is 0 Å². The highest BCUT2D eigenvalue weighted by Gasteiger charge is 2.53. The van der Waals surface area contributed by atoms with Gasteiger partial charge in [0.2, 0.25) is 5.69 Å². The van der Waals surface area contributed by atoms with Crippen LogP contribution in [-0.4, -0.2) is 9.55 Å². The van der Waals surface area contributed by atoms with Crippen molar-refractivity contribution in [1.82, 2.24) is 9.55 Å². The quantitative estimate of drug-likeness (QED) is 0.196. The number of nitrogens with zero attached hydrogens (tertiary/aromatic N) is 3. The first-order chi connectivity index (χ1) is 21.8. The van der Waals surface area contributed by atoms with Gasteiger partial charge >= 0.3 is 5.66 Å². The van der Waals surface area contributed by atoms with Crippen molar-refractivity contribution in [2.24, 2.45) is 0 Å². The maximum absolute atomic E-state index is 5.10. The lowest BCUT2D eigenvalue weighted by atomic mass is 9.87. The first kappa shape index (κ1) is 24.8. The molecule has 4 heterocycles. The Bertz CT molecular complexity index is 2270. The molecule has 0 fully saturated rings. The molecule has 3 heteroatoms. The van der Waals surface area contributed by atoms with E-state index in [1.165, 1.54) is 49.7 Å². The molecule has 3 nitrogen and oxygen atoms in total. The lowest BCUT2D eigenvalue weighted by Gasteiger charge is -2.36. The van der Waals surface area contributed by atoms with Crippen LogP contribution in [0.3, 0.4) is 0 Å². The van der Waals surface area contributed by atoms with Crippen molar-refractivity contribution in [3.8, 4) is 33.6 Å². The highest BCUT2D eigenvalue weighted by Crippen LogP contribution is 2.47. The minimum atomic E-state index is -0.697. The molecular weight excluding hydrogens is 534 g/mol. The van der Waals surface area contributed by atoms with Crippen LogP contribution in [0.15, 0.2) is 170 Å². The molecule has 1 aliphatic rings. The van der Waals surface area contributed by atoms with E-state index in [1.807, 2.05) is 6.20 Å². The van der Waals surface area contributed by atoms with Gasteiger partial charge in [-0.25, -0.2) is 4.98 Å².